The van der Waals surface area contributed by atoms with Crippen molar-refractivity contribution < 1.29 is 17.9 Å². The Bertz CT molecular complexity index is 933. The van der Waals surface area contributed by atoms with Gasteiger partial charge in [0.15, 0.2) is 11.6 Å². The Balaban J connectivity index is 1.92. The Kier molecular flexibility index (Phi) is 5.84. The highest BCUT2D eigenvalue weighted by molar-refractivity contribution is 5.72. The van der Waals surface area contributed by atoms with Gasteiger partial charge < -0.3 is 4.74 Å². The van der Waals surface area contributed by atoms with Gasteiger partial charge in [-0.2, -0.15) is 4.39 Å². The predicted molar refractivity (Wildman–Crippen MR) is 102 cm³/mol. The second-order valence-electron chi connectivity index (χ2n) is 6.50. The van der Waals surface area contributed by atoms with Crippen molar-refractivity contribution in [3.05, 3.63) is 77.6 Å². The van der Waals surface area contributed by atoms with Crippen LogP contribution in [0.5, 0.6) is 5.75 Å². The highest BCUT2D eigenvalue weighted by Crippen LogP contribution is 2.33. The van der Waals surface area contributed by atoms with Crippen LogP contribution in [0.25, 0.3) is 22.3 Å². The molecule has 3 aromatic carbocycles. The molecule has 0 aromatic heterocycles. The molecule has 0 spiro atoms. The molecule has 0 amide bonds. The van der Waals surface area contributed by atoms with Gasteiger partial charge in [0.2, 0.25) is 5.82 Å². The zero-order valence-corrected chi connectivity index (χ0v) is 15.4. The van der Waals surface area contributed by atoms with Gasteiger partial charge in [0, 0.05) is 11.1 Å². The lowest BCUT2D eigenvalue weighted by molar-refractivity contribution is 0.289. The molecule has 0 unspecified atom stereocenters. The van der Waals surface area contributed by atoms with Crippen LogP contribution < -0.4 is 4.74 Å². The third-order valence-electron chi connectivity index (χ3n) is 4.45. The zero-order valence-electron chi connectivity index (χ0n) is 15.4. The fourth-order valence-corrected chi connectivity index (χ4v) is 2.84. The summed E-state index contributed by atoms with van der Waals surface area (Å²) in [5.41, 5.74) is 2.54. The number of rotatable bonds is 6. The van der Waals surface area contributed by atoms with E-state index in [0.29, 0.717) is 12.2 Å². The molecular weight excluding hydrogens is 349 g/mol. The van der Waals surface area contributed by atoms with E-state index in [-0.39, 0.29) is 16.9 Å². The molecule has 27 heavy (non-hydrogen) atoms. The summed E-state index contributed by atoms with van der Waals surface area (Å²) in [6.07, 6.45) is 1.64. The summed E-state index contributed by atoms with van der Waals surface area (Å²) >= 11 is 0. The van der Waals surface area contributed by atoms with Crippen molar-refractivity contribution in [2.24, 2.45) is 0 Å². The van der Waals surface area contributed by atoms with Crippen LogP contribution in [0.15, 0.2) is 54.6 Å². The summed E-state index contributed by atoms with van der Waals surface area (Å²) in [5, 5.41) is 0. The van der Waals surface area contributed by atoms with E-state index >= 15 is 0 Å². The van der Waals surface area contributed by atoms with Crippen LogP contribution in [-0.2, 0) is 0 Å². The molecule has 0 atom stereocenters. The minimum absolute atomic E-state index is 0.0161. The van der Waals surface area contributed by atoms with Gasteiger partial charge in [-0.05, 0) is 42.7 Å². The summed E-state index contributed by atoms with van der Waals surface area (Å²) in [7, 11) is 0. The van der Waals surface area contributed by atoms with Gasteiger partial charge >= 0.3 is 0 Å². The fourth-order valence-electron chi connectivity index (χ4n) is 2.84. The largest absolute Gasteiger partial charge is 0.490 e. The molecule has 0 aliphatic carbocycles. The molecule has 3 rings (SSSR count). The summed E-state index contributed by atoms with van der Waals surface area (Å²) in [4.78, 5) is 0. The maximum Gasteiger partial charge on any atom is 0.201 e. The number of aryl methyl sites for hydroxylation is 1. The summed E-state index contributed by atoms with van der Waals surface area (Å²) < 4.78 is 48.6. The quantitative estimate of drug-likeness (QED) is 0.428. The van der Waals surface area contributed by atoms with E-state index in [1.54, 1.807) is 6.07 Å². The minimum Gasteiger partial charge on any atom is -0.490 e. The van der Waals surface area contributed by atoms with Crippen LogP contribution in [0.3, 0.4) is 0 Å². The lowest BCUT2D eigenvalue weighted by Gasteiger charge is -2.12. The van der Waals surface area contributed by atoms with Crippen molar-refractivity contribution in [3.8, 4) is 28.0 Å². The third-order valence-corrected chi connectivity index (χ3v) is 4.45. The van der Waals surface area contributed by atoms with Gasteiger partial charge in [-0.25, -0.2) is 8.78 Å². The molecule has 0 aliphatic heterocycles. The molecule has 0 N–H and O–H groups in total. The second-order valence-corrected chi connectivity index (χ2v) is 6.50. The molecule has 140 valence electrons. The molecule has 0 saturated carbocycles. The number of hydrogen-bond donors (Lipinski definition) is 0. The van der Waals surface area contributed by atoms with Crippen molar-refractivity contribution in [3.63, 3.8) is 0 Å². The first-order chi connectivity index (χ1) is 13.0. The van der Waals surface area contributed by atoms with Gasteiger partial charge in [-0.3, -0.25) is 0 Å². The standard InChI is InChI=1S/C23H21F3O/c1-3-4-13-27-21-12-11-19(22(25)23(21)26)18-10-9-17(14-20(18)24)16-7-5-15(2)6-8-16/h5-12,14H,3-4,13H2,1-2H3. The first-order valence-electron chi connectivity index (χ1n) is 8.99. The van der Waals surface area contributed by atoms with Gasteiger partial charge in [-0.15, -0.1) is 0 Å². The zero-order chi connectivity index (χ0) is 19.4. The van der Waals surface area contributed by atoms with E-state index in [1.807, 2.05) is 38.1 Å². The van der Waals surface area contributed by atoms with E-state index in [1.165, 1.54) is 24.3 Å². The van der Waals surface area contributed by atoms with Crippen molar-refractivity contribution in [2.75, 3.05) is 6.61 Å². The topological polar surface area (TPSA) is 9.23 Å². The van der Waals surface area contributed by atoms with Crippen molar-refractivity contribution in [2.45, 2.75) is 26.7 Å². The molecule has 0 bridgehead atoms. The first kappa shape index (κ1) is 19.0. The van der Waals surface area contributed by atoms with Crippen molar-refractivity contribution in [1.29, 1.82) is 0 Å². The van der Waals surface area contributed by atoms with Crippen LogP contribution in [0.2, 0.25) is 0 Å². The lowest BCUT2D eigenvalue weighted by atomic mass is 9.98. The average molecular weight is 370 g/mol. The predicted octanol–water partition coefficient (Wildman–Crippen LogP) is 6.93. The van der Waals surface area contributed by atoms with Gasteiger partial charge in [0.05, 0.1) is 6.61 Å². The molecule has 3 aromatic rings. The number of ether oxygens (including phenoxy) is 1. The highest BCUT2D eigenvalue weighted by atomic mass is 19.2. The van der Waals surface area contributed by atoms with E-state index in [4.69, 9.17) is 4.74 Å². The summed E-state index contributed by atoms with van der Waals surface area (Å²) in [6.45, 7) is 4.26. The van der Waals surface area contributed by atoms with Gasteiger partial charge in [0.25, 0.3) is 0 Å². The maximum atomic E-state index is 14.6. The molecule has 1 nitrogen and oxygen atoms in total. The molecule has 0 heterocycles. The monoisotopic (exact) mass is 370 g/mol. The smallest absolute Gasteiger partial charge is 0.201 e. The Morgan fingerprint density at radius 3 is 2.11 bits per heavy atom. The fraction of sp³-hybridized carbons (Fsp3) is 0.217. The van der Waals surface area contributed by atoms with Crippen LogP contribution in [0.1, 0.15) is 25.3 Å². The highest BCUT2D eigenvalue weighted by Gasteiger charge is 2.18. The van der Waals surface area contributed by atoms with Crippen LogP contribution in [0, 0.1) is 24.4 Å². The molecular formula is C23H21F3O. The minimum atomic E-state index is -1.11. The van der Waals surface area contributed by atoms with Crippen LogP contribution in [-0.4, -0.2) is 6.61 Å². The van der Waals surface area contributed by atoms with E-state index in [0.717, 1.165) is 24.0 Å². The SMILES string of the molecule is CCCCOc1ccc(-c2ccc(-c3ccc(C)cc3)cc2F)c(F)c1F. The molecule has 0 fully saturated rings. The Morgan fingerprint density at radius 2 is 1.44 bits per heavy atom. The van der Waals surface area contributed by atoms with E-state index in [2.05, 4.69) is 0 Å². The van der Waals surface area contributed by atoms with E-state index < -0.39 is 17.5 Å². The Morgan fingerprint density at radius 1 is 0.778 bits per heavy atom. The Labute approximate surface area is 157 Å². The van der Waals surface area contributed by atoms with Gasteiger partial charge in [-0.1, -0.05) is 55.3 Å². The molecule has 0 radical (unpaired) electrons. The molecule has 0 saturated heterocycles. The lowest BCUT2D eigenvalue weighted by Crippen LogP contribution is -2.01. The third kappa shape index (κ3) is 4.16. The molecule has 0 aliphatic rings. The summed E-state index contributed by atoms with van der Waals surface area (Å²) in [6, 6.07) is 14.9. The van der Waals surface area contributed by atoms with Crippen LogP contribution >= 0.6 is 0 Å². The maximum absolute atomic E-state index is 14.6. The van der Waals surface area contributed by atoms with Crippen LogP contribution in [0.4, 0.5) is 13.2 Å². The Hall–Kier alpha value is -2.75. The summed E-state index contributed by atoms with van der Waals surface area (Å²) in [5.74, 6) is -2.95. The number of benzene rings is 3. The van der Waals surface area contributed by atoms with Gasteiger partial charge in [0.1, 0.15) is 5.82 Å². The van der Waals surface area contributed by atoms with E-state index in [9.17, 15) is 13.2 Å². The average Bonchev–Trinajstić information content (AvgIpc) is 2.66. The second kappa shape index (κ2) is 8.30. The first-order valence-corrected chi connectivity index (χ1v) is 8.99. The van der Waals surface area contributed by atoms with Crippen molar-refractivity contribution >= 4 is 0 Å². The van der Waals surface area contributed by atoms with Crippen molar-refractivity contribution in [1.82, 2.24) is 0 Å². The number of unbranched alkanes of at least 4 members (excludes halogenated alkanes) is 1. The number of halogens is 3. The molecule has 4 heteroatoms. The normalized spacial score (nSPS) is 10.9. The number of hydrogen-bond acceptors (Lipinski definition) is 1.